The lowest BCUT2D eigenvalue weighted by atomic mass is 10.3. The first-order chi connectivity index (χ1) is 8.19. The average Bonchev–Trinajstić information content (AvgIpc) is 2.32. The van der Waals surface area contributed by atoms with Crippen LogP contribution in [-0.2, 0) is 0 Å². The van der Waals surface area contributed by atoms with Gasteiger partial charge in [-0.1, -0.05) is 0 Å². The van der Waals surface area contributed by atoms with E-state index in [2.05, 4.69) is 26.2 Å². The van der Waals surface area contributed by atoms with Gasteiger partial charge in [0.1, 0.15) is 5.75 Å². The minimum Gasteiger partial charge on any atom is -0.495 e. The molecule has 0 aliphatic carbocycles. The number of nitrogens with two attached hydrogens (primary N) is 1. The van der Waals surface area contributed by atoms with Gasteiger partial charge in [-0.05, 0) is 34.1 Å². The molecule has 0 aliphatic heterocycles. The zero-order valence-corrected chi connectivity index (χ0v) is 10.9. The van der Waals surface area contributed by atoms with Crippen molar-refractivity contribution in [2.45, 2.75) is 0 Å². The first-order valence-corrected chi connectivity index (χ1v) is 5.79. The average molecular weight is 294 g/mol. The number of nitrogens with zero attached hydrogens (tertiary/aromatic N) is 1. The Morgan fingerprint density at radius 3 is 2.76 bits per heavy atom. The summed E-state index contributed by atoms with van der Waals surface area (Å²) in [5.74, 6) is 0.770. The number of nitrogen functional groups attached to an aromatic ring is 1. The smallest absolute Gasteiger partial charge is 0.135 e. The maximum Gasteiger partial charge on any atom is 0.135 e. The molecule has 1 aromatic carbocycles. The Morgan fingerprint density at radius 2 is 2.06 bits per heavy atom. The lowest BCUT2D eigenvalue weighted by molar-refractivity contribution is 0.412. The van der Waals surface area contributed by atoms with E-state index in [1.165, 1.54) is 0 Å². The van der Waals surface area contributed by atoms with Gasteiger partial charge in [0, 0.05) is 18.0 Å². The van der Waals surface area contributed by atoms with Crippen LogP contribution in [0.5, 0.6) is 5.75 Å². The lowest BCUT2D eigenvalue weighted by Gasteiger charge is -2.09. The molecule has 0 unspecified atom stereocenters. The second-order valence-corrected chi connectivity index (χ2v) is 4.34. The Hall–Kier alpha value is -1.75. The number of hydrogen-bond acceptors (Lipinski definition) is 4. The highest BCUT2D eigenvalue weighted by molar-refractivity contribution is 9.10. The molecule has 5 heteroatoms. The van der Waals surface area contributed by atoms with E-state index in [-0.39, 0.29) is 0 Å². The quantitative estimate of drug-likeness (QED) is 0.912. The topological polar surface area (TPSA) is 60.2 Å². The Labute approximate surface area is 108 Å². The number of pyridine rings is 1. The lowest BCUT2D eigenvalue weighted by Crippen LogP contribution is -1.94. The van der Waals surface area contributed by atoms with E-state index in [0.717, 1.165) is 21.6 Å². The van der Waals surface area contributed by atoms with E-state index in [0.29, 0.717) is 5.69 Å². The van der Waals surface area contributed by atoms with Crippen LogP contribution in [0.3, 0.4) is 0 Å². The zero-order valence-electron chi connectivity index (χ0n) is 9.27. The Kier molecular flexibility index (Phi) is 3.49. The Balaban J connectivity index is 2.24. The number of benzene rings is 1. The second kappa shape index (κ2) is 5.05. The number of rotatable bonds is 3. The molecule has 3 N–H and O–H groups in total. The molecule has 1 aromatic heterocycles. The molecule has 1 heterocycles. The molecule has 0 spiro atoms. The van der Waals surface area contributed by atoms with Crippen molar-refractivity contribution in [1.29, 1.82) is 0 Å². The van der Waals surface area contributed by atoms with E-state index >= 15 is 0 Å². The van der Waals surface area contributed by atoms with Gasteiger partial charge in [-0.15, -0.1) is 0 Å². The summed E-state index contributed by atoms with van der Waals surface area (Å²) in [7, 11) is 1.63. The number of nitrogens with one attached hydrogen (secondary N) is 1. The number of aromatic nitrogens is 1. The van der Waals surface area contributed by atoms with Crippen molar-refractivity contribution in [2.24, 2.45) is 0 Å². The molecular formula is C12H12BrN3O. The van der Waals surface area contributed by atoms with Gasteiger partial charge in [0.15, 0.2) is 0 Å². The summed E-state index contributed by atoms with van der Waals surface area (Å²) in [4.78, 5) is 4.01. The normalized spacial score (nSPS) is 10.0. The molecule has 4 nitrogen and oxygen atoms in total. The molecule has 2 aromatic rings. The SMILES string of the molecule is COc1cc(Nc2cncc(N)c2)ccc1Br. The fraction of sp³-hybridized carbons (Fsp3) is 0.0833. The maximum atomic E-state index is 5.66. The van der Waals surface area contributed by atoms with Crippen LogP contribution in [0.2, 0.25) is 0 Å². The van der Waals surface area contributed by atoms with Gasteiger partial charge in [0.25, 0.3) is 0 Å². The molecule has 88 valence electrons. The molecule has 0 radical (unpaired) electrons. The van der Waals surface area contributed by atoms with E-state index in [1.54, 1.807) is 19.5 Å². The first kappa shape index (κ1) is 11.7. The monoisotopic (exact) mass is 293 g/mol. The van der Waals surface area contributed by atoms with Crippen LogP contribution in [0.15, 0.2) is 41.1 Å². The van der Waals surface area contributed by atoms with Crippen LogP contribution in [-0.4, -0.2) is 12.1 Å². The van der Waals surface area contributed by atoms with E-state index < -0.39 is 0 Å². The molecule has 0 atom stereocenters. The summed E-state index contributed by atoms with van der Waals surface area (Å²) < 4.78 is 6.13. The third kappa shape index (κ3) is 2.88. The molecule has 0 bridgehead atoms. The standard InChI is InChI=1S/C12H12BrN3O/c1-17-12-5-9(2-3-11(12)13)16-10-4-8(14)6-15-7-10/h2-7,16H,14H2,1H3. The van der Waals surface area contributed by atoms with Crippen LogP contribution >= 0.6 is 15.9 Å². The molecule has 0 saturated carbocycles. The van der Waals surface area contributed by atoms with Crippen molar-refractivity contribution in [3.63, 3.8) is 0 Å². The molecular weight excluding hydrogens is 282 g/mol. The van der Waals surface area contributed by atoms with Crippen molar-refractivity contribution in [2.75, 3.05) is 18.2 Å². The van der Waals surface area contributed by atoms with Crippen LogP contribution in [0.4, 0.5) is 17.1 Å². The van der Waals surface area contributed by atoms with Gasteiger partial charge in [-0.25, -0.2) is 0 Å². The number of hydrogen-bond donors (Lipinski definition) is 2. The molecule has 0 aliphatic rings. The molecule has 0 amide bonds. The van der Waals surface area contributed by atoms with Gasteiger partial charge < -0.3 is 15.8 Å². The minimum absolute atomic E-state index is 0.624. The van der Waals surface area contributed by atoms with Crippen LogP contribution in [0, 0.1) is 0 Å². The van der Waals surface area contributed by atoms with Crippen molar-refractivity contribution in [1.82, 2.24) is 4.98 Å². The third-order valence-electron chi connectivity index (χ3n) is 2.20. The molecule has 0 saturated heterocycles. The molecule has 17 heavy (non-hydrogen) atoms. The maximum absolute atomic E-state index is 5.66. The van der Waals surface area contributed by atoms with Crippen LogP contribution < -0.4 is 15.8 Å². The molecule has 2 rings (SSSR count). The summed E-state index contributed by atoms with van der Waals surface area (Å²) in [5, 5.41) is 3.20. The summed E-state index contributed by atoms with van der Waals surface area (Å²) in [5.41, 5.74) is 8.04. The minimum atomic E-state index is 0.624. The van der Waals surface area contributed by atoms with Crippen molar-refractivity contribution >= 4 is 33.0 Å². The Bertz CT molecular complexity index is 531. The number of halogens is 1. The van der Waals surface area contributed by atoms with E-state index in [9.17, 15) is 0 Å². The van der Waals surface area contributed by atoms with Crippen molar-refractivity contribution in [3.8, 4) is 5.75 Å². The van der Waals surface area contributed by atoms with Crippen LogP contribution in [0.25, 0.3) is 0 Å². The summed E-state index contributed by atoms with van der Waals surface area (Å²) in [6, 6.07) is 7.57. The zero-order chi connectivity index (χ0) is 12.3. The van der Waals surface area contributed by atoms with Gasteiger partial charge >= 0.3 is 0 Å². The summed E-state index contributed by atoms with van der Waals surface area (Å²) in [6.07, 6.45) is 3.32. The molecule has 0 fully saturated rings. The second-order valence-electron chi connectivity index (χ2n) is 3.48. The van der Waals surface area contributed by atoms with Crippen molar-refractivity contribution < 1.29 is 4.74 Å². The summed E-state index contributed by atoms with van der Waals surface area (Å²) >= 11 is 3.40. The number of methoxy groups -OCH3 is 1. The fourth-order valence-electron chi connectivity index (χ4n) is 1.43. The highest BCUT2D eigenvalue weighted by atomic mass is 79.9. The third-order valence-corrected chi connectivity index (χ3v) is 2.85. The van der Waals surface area contributed by atoms with E-state index in [4.69, 9.17) is 10.5 Å². The largest absolute Gasteiger partial charge is 0.495 e. The number of ether oxygens (including phenoxy) is 1. The van der Waals surface area contributed by atoms with Gasteiger partial charge in [0.2, 0.25) is 0 Å². The van der Waals surface area contributed by atoms with Crippen molar-refractivity contribution in [3.05, 3.63) is 41.1 Å². The fourth-order valence-corrected chi connectivity index (χ4v) is 1.84. The highest BCUT2D eigenvalue weighted by Crippen LogP contribution is 2.29. The highest BCUT2D eigenvalue weighted by Gasteiger charge is 2.02. The van der Waals surface area contributed by atoms with Gasteiger partial charge in [-0.3, -0.25) is 4.98 Å². The first-order valence-electron chi connectivity index (χ1n) is 5.00. The van der Waals surface area contributed by atoms with Gasteiger partial charge in [-0.2, -0.15) is 0 Å². The van der Waals surface area contributed by atoms with Crippen LogP contribution in [0.1, 0.15) is 0 Å². The van der Waals surface area contributed by atoms with Gasteiger partial charge in [0.05, 0.1) is 29.2 Å². The van der Waals surface area contributed by atoms with E-state index in [1.807, 2.05) is 24.3 Å². The predicted molar refractivity (Wildman–Crippen MR) is 72.6 cm³/mol. The summed E-state index contributed by atoms with van der Waals surface area (Å²) in [6.45, 7) is 0. The Morgan fingerprint density at radius 1 is 1.24 bits per heavy atom. The number of anilines is 3. The predicted octanol–water partition coefficient (Wildman–Crippen LogP) is 3.18.